The van der Waals surface area contributed by atoms with E-state index < -0.39 is 0 Å². The van der Waals surface area contributed by atoms with Gasteiger partial charge in [-0.25, -0.2) is 0 Å². The van der Waals surface area contributed by atoms with Gasteiger partial charge in [-0.3, -0.25) is 4.90 Å². The van der Waals surface area contributed by atoms with Gasteiger partial charge in [0.15, 0.2) is 0 Å². The summed E-state index contributed by atoms with van der Waals surface area (Å²) in [5.41, 5.74) is 2.71. The van der Waals surface area contributed by atoms with Crippen LogP contribution in [-0.2, 0) is 6.54 Å². The van der Waals surface area contributed by atoms with Crippen molar-refractivity contribution >= 4 is 10.9 Å². The molecule has 4 rings (SSSR count). The summed E-state index contributed by atoms with van der Waals surface area (Å²) in [7, 11) is 0. The summed E-state index contributed by atoms with van der Waals surface area (Å²) < 4.78 is 0. The van der Waals surface area contributed by atoms with Crippen molar-refractivity contribution in [3.8, 4) is 0 Å². The fraction of sp³-hybridized carbons (Fsp3) is 0.529. The van der Waals surface area contributed by atoms with Gasteiger partial charge in [-0.1, -0.05) is 18.2 Å². The Morgan fingerprint density at radius 1 is 1.15 bits per heavy atom. The standard InChI is InChI=1S/C17H23N3/c1-2-6-15-14(5-1)13(11-19-15)12-20-10-4-8-17(20)16-7-3-9-18-16/h1-2,5-6,11,16-19H,3-4,7-10,12H2. The number of hydrogen-bond acceptors (Lipinski definition) is 2. The van der Waals surface area contributed by atoms with Gasteiger partial charge in [0, 0.05) is 35.7 Å². The molecule has 3 heterocycles. The minimum absolute atomic E-state index is 0.725. The number of hydrogen-bond donors (Lipinski definition) is 2. The molecular weight excluding hydrogens is 246 g/mol. The highest BCUT2D eigenvalue weighted by Crippen LogP contribution is 2.28. The summed E-state index contributed by atoms with van der Waals surface area (Å²) in [4.78, 5) is 6.10. The Hall–Kier alpha value is -1.32. The van der Waals surface area contributed by atoms with E-state index in [1.54, 1.807) is 0 Å². The van der Waals surface area contributed by atoms with E-state index >= 15 is 0 Å². The quantitative estimate of drug-likeness (QED) is 0.897. The van der Waals surface area contributed by atoms with Crippen molar-refractivity contribution < 1.29 is 0 Å². The Morgan fingerprint density at radius 2 is 2.10 bits per heavy atom. The number of benzene rings is 1. The van der Waals surface area contributed by atoms with Crippen LogP contribution in [0.25, 0.3) is 10.9 Å². The maximum atomic E-state index is 3.70. The Kier molecular flexibility index (Phi) is 3.25. The van der Waals surface area contributed by atoms with Crippen LogP contribution < -0.4 is 5.32 Å². The molecule has 0 radical (unpaired) electrons. The molecule has 2 aliphatic heterocycles. The molecule has 0 aliphatic carbocycles. The van der Waals surface area contributed by atoms with Gasteiger partial charge in [-0.2, -0.15) is 0 Å². The molecule has 1 aromatic heterocycles. The van der Waals surface area contributed by atoms with Crippen LogP contribution in [0.3, 0.4) is 0 Å². The maximum absolute atomic E-state index is 3.70. The first-order valence-electron chi connectivity index (χ1n) is 7.94. The zero-order valence-electron chi connectivity index (χ0n) is 11.9. The molecule has 2 unspecified atom stereocenters. The van der Waals surface area contributed by atoms with E-state index in [9.17, 15) is 0 Å². The Balaban J connectivity index is 1.55. The highest BCUT2D eigenvalue weighted by molar-refractivity contribution is 5.82. The van der Waals surface area contributed by atoms with E-state index in [1.165, 1.54) is 55.2 Å². The van der Waals surface area contributed by atoms with Crippen LogP contribution in [0.5, 0.6) is 0 Å². The number of aromatic nitrogens is 1. The highest BCUT2D eigenvalue weighted by Gasteiger charge is 2.33. The maximum Gasteiger partial charge on any atom is 0.0457 e. The molecule has 0 amide bonds. The average Bonchev–Trinajstić information content (AvgIpc) is 3.19. The summed E-state index contributed by atoms with van der Waals surface area (Å²) in [5.74, 6) is 0. The zero-order chi connectivity index (χ0) is 13.4. The number of likely N-dealkylation sites (tertiary alicyclic amines) is 1. The van der Waals surface area contributed by atoms with Crippen LogP contribution in [0.1, 0.15) is 31.2 Å². The number of nitrogens with one attached hydrogen (secondary N) is 2. The third-order valence-corrected chi connectivity index (χ3v) is 5.03. The second-order valence-electron chi connectivity index (χ2n) is 6.24. The van der Waals surface area contributed by atoms with Crippen LogP contribution in [0.15, 0.2) is 30.5 Å². The minimum atomic E-state index is 0.725. The van der Waals surface area contributed by atoms with E-state index in [1.807, 2.05) is 0 Å². The Morgan fingerprint density at radius 3 is 3.00 bits per heavy atom. The molecule has 106 valence electrons. The molecule has 2 fully saturated rings. The van der Waals surface area contributed by atoms with Gasteiger partial charge in [0.05, 0.1) is 0 Å². The molecule has 20 heavy (non-hydrogen) atoms. The van der Waals surface area contributed by atoms with E-state index in [4.69, 9.17) is 0 Å². The smallest absolute Gasteiger partial charge is 0.0457 e. The molecule has 1 aromatic carbocycles. The molecule has 3 heteroatoms. The lowest BCUT2D eigenvalue weighted by Crippen LogP contribution is -2.43. The summed E-state index contributed by atoms with van der Waals surface area (Å²) in [5, 5.41) is 5.08. The Bertz CT molecular complexity index is 583. The van der Waals surface area contributed by atoms with Crippen LogP contribution in [-0.4, -0.2) is 35.1 Å². The molecule has 2 saturated heterocycles. The van der Waals surface area contributed by atoms with Gasteiger partial charge in [0.2, 0.25) is 0 Å². The lowest BCUT2D eigenvalue weighted by molar-refractivity contribution is 0.207. The summed E-state index contributed by atoms with van der Waals surface area (Å²) >= 11 is 0. The first kappa shape index (κ1) is 12.4. The molecular formula is C17H23N3. The van der Waals surface area contributed by atoms with Crippen LogP contribution in [0.4, 0.5) is 0 Å². The Labute approximate surface area is 120 Å². The number of aromatic amines is 1. The van der Waals surface area contributed by atoms with E-state index in [2.05, 4.69) is 45.7 Å². The molecule has 2 N–H and O–H groups in total. The largest absolute Gasteiger partial charge is 0.361 e. The monoisotopic (exact) mass is 269 g/mol. The first-order chi connectivity index (χ1) is 9.92. The lowest BCUT2D eigenvalue weighted by Gasteiger charge is -2.29. The number of para-hydroxylation sites is 1. The van der Waals surface area contributed by atoms with E-state index in [-0.39, 0.29) is 0 Å². The highest BCUT2D eigenvalue weighted by atomic mass is 15.2. The summed E-state index contributed by atoms with van der Waals surface area (Å²) in [6.07, 6.45) is 7.62. The molecule has 0 bridgehead atoms. The lowest BCUT2D eigenvalue weighted by atomic mass is 10.0. The van der Waals surface area contributed by atoms with Crippen LogP contribution in [0.2, 0.25) is 0 Å². The van der Waals surface area contributed by atoms with Gasteiger partial charge in [-0.15, -0.1) is 0 Å². The minimum Gasteiger partial charge on any atom is -0.361 e. The molecule has 2 atom stereocenters. The van der Waals surface area contributed by atoms with E-state index in [0.29, 0.717) is 0 Å². The normalized spacial score (nSPS) is 27.6. The molecule has 0 spiro atoms. The predicted octanol–water partition coefficient (Wildman–Crippen LogP) is 2.88. The number of nitrogens with zero attached hydrogens (tertiary/aromatic N) is 1. The van der Waals surface area contributed by atoms with Gasteiger partial charge in [-0.05, 0) is 50.4 Å². The van der Waals surface area contributed by atoms with Crippen molar-refractivity contribution in [1.29, 1.82) is 0 Å². The van der Waals surface area contributed by atoms with Gasteiger partial charge in [0.1, 0.15) is 0 Å². The van der Waals surface area contributed by atoms with Crippen molar-refractivity contribution in [1.82, 2.24) is 15.2 Å². The molecule has 2 aromatic rings. The van der Waals surface area contributed by atoms with Crippen molar-refractivity contribution in [2.24, 2.45) is 0 Å². The van der Waals surface area contributed by atoms with Crippen molar-refractivity contribution in [2.75, 3.05) is 13.1 Å². The SMILES string of the molecule is c1ccc2c(CN3CCCC3C3CCCN3)c[nH]c2c1. The van der Waals surface area contributed by atoms with Crippen molar-refractivity contribution in [2.45, 2.75) is 44.3 Å². The molecule has 2 aliphatic rings. The van der Waals surface area contributed by atoms with Crippen LogP contribution >= 0.6 is 0 Å². The van der Waals surface area contributed by atoms with Gasteiger partial charge in [0.25, 0.3) is 0 Å². The number of H-pyrrole nitrogens is 1. The van der Waals surface area contributed by atoms with Crippen molar-refractivity contribution in [3.63, 3.8) is 0 Å². The summed E-state index contributed by atoms with van der Waals surface area (Å²) in [6, 6.07) is 10.1. The average molecular weight is 269 g/mol. The first-order valence-corrected chi connectivity index (χ1v) is 7.94. The third kappa shape index (κ3) is 2.15. The molecule has 3 nitrogen and oxygen atoms in total. The zero-order valence-corrected chi connectivity index (χ0v) is 11.9. The number of fused-ring (bicyclic) bond motifs is 1. The van der Waals surface area contributed by atoms with Crippen molar-refractivity contribution in [3.05, 3.63) is 36.0 Å². The predicted molar refractivity (Wildman–Crippen MR) is 82.8 cm³/mol. The number of rotatable bonds is 3. The molecule has 0 saturated carbocycles. The topological polar surface area (TPSA) is 31.1 Å². The van der Waals surface area contributed by atoms with Crippen LogP contribution in [0, 0.1) is 0 Å². The van der Waals surface area contributed by atoms with E-state index in [0.717, 1.165) is 18.6 Å². The summed E-state index contributed by atoms with van der Waals surface area (Å²) in [6.45, 7) is 3.55. The second-order valence-corrected chi connectivity index (χ2v) is 6.24. The third-order valence-electron chi connectivity index (χ3n) is 5.03. The van der Waals surface area contributed by atoms with Gasteiger partial charge >= 0.3 is 0 Å². The van der Waals surface area contributed by atoms with Gasteiger partial charge < -0.3 is 10.3 Å². The fourth-order valence-corrected chi connectivity index (χ4v) is 4.03. The second kappa shape index (κ2) is 5.23. The fourth-order valence-electron chi connectivity index (χ4n) is 4.03.